The van der Waals surface area contributed by atoms with Gasteiger partial charge in [-0.1, -0.05) is 24.3 Å². The van der Waals surface area contributed by atoms with Crippen molar-refractivity contribution in [2.75, 3.05) is 0 Å². The summed E-state index contributed by atoms with van der Waals surface area (Å²) < 4.78 is 15.3. The average Bonchev–Trinajstić information content (AvgIpc) is 2.96. The van der Waals surface area contributed by atoms with E-state index < -0.39 is 11.8 Å². The SMILES string of the molecule is O=C(O)c1ccc(Cn2nnnc2-c2ccccc2F)cc1. The minimum Gasteiger partial charge on any atom is -0.478 e. The van der Waals surface area contributed by atoms with Crippen LogP contribution in [0.4, 0.5) is 4.39 Å². The van der Waals surface area contributed by atoms with Crippen LogP contribution in [0, 0.1) is 5.82 Å². The highest BCUT2D eigenvalue weighted by molar-refractivity contribution is 5.87. The number of carboxylic acid groups (broad SMARTS) is 1. The van der Waals surface area contributed by atoms with Crippen molar-refractivity contribution in [3.63, 3.8) is 0 Å². The number of hydrogen-bond acceptors (Lipinski definition) is 4. The van der Waals surface area contributed by atoms with Crippen LogP contribution >= 0.6 is 0 Å². The van der Waals surface area contributed by atoms with Gasteiger partial charge in [-0.2, -0.15) is 0 Å². The molecule has 0 bridgehead atoms. The monoisotopic (exact) mass is 298 g/mol. The van der Waals surface area contributed by atoms with Gasteiger partial charge in [-0.15, -0.1) is 5.10 Å². The van der Waals surface area contributed by atoms with Crippen LogP contribution in [0.2, 0.25) is 0 Å². The van der Waals surface area contributed by atoms with E-state index in [1.807, 2.05) is 0 Å². The average molecular weight is 298 g/mol. The van der Waals surface area contributed by atoms with E-state index in [4.69, 9.17) is 5.11 Å². The summed E-state index contributed by atoms with van der Waals surface area (Å²) in [5.41, 5.74) is 1.33. The molecule has 2 aromatic carbocycles. The lowest BCUT2D eigenvalue weighted by molar-refractivity contribution is 0.0697. The molecular formula is C15H11FN4O2. The second kappa shape index (κ2) is 5.72. The number of rotatable bonds is 4. The minimum atomic E-state index is -0.985. The van der Waals surface area contributed by atoms with Crippen LogP contribution in [0.25, 0.3) is 11.4 Å². The fourth-order valence-corrected chi connectivity index (χ4v) is 2.07. The maximum Gasteiger partial charge on any atom is 0.335 e. The first kappa shape index (κ1) is 13.9. The fraction of sp³-hybridized carbons (Fsp3) is 0.0667. The van der Waals surface area contributed by atoms with E-state index in [1.165, 1.54) is 22.9 Å². The Balaban J connectivity index is 1.90. The smallest absolute Gasteiger partial charge is 0.335 e. The molecule has 0 aliphatic carbocycles. The predicted molar refractivity (Wildman–Crippen MR) is 75.7 cm³/mol. The number of hydrogen-bond donors (Lipinski definition) is 1. The highest BCUT2D eigenvalue weighted by Gasteiger charge is 2.13. The Morgan fingerprint density at radius 2 is 1.86 bits per heavy atom. The van der Waals surface area contributed by atoms with E-state index in [0.717, 1.165) is 5.56 Å². The molecule has 22 heavy (non-hydrogen) atoms. The molecule has 0 fully saturated rings. The maximum absolute atomic E-state index is 13.8. The first-order valence-electron chi connectivity index (χ1n) is 6.48. The molecule has 0 atom stereocenters. The number of tetrazole rings is 1. The summed E-state index contributed by atoms with van der Waals surface area (Å²) in [7, 11) is 0. The van der Waals surface area contributed by atoms with Gasteiger partial charge in [0, 0.05) is 0 Å². The summed E-state index contributed by atoms with van der Waals surface area (Å²) in [6.07, 6.45) is 0. The van der Waals surface area contributed by atoms with E-state index in [9.17, 15) is 9.18 Å². The van der Waals surface area contributed by atoms with Gasteiger partial charge in [0.2, 0.25) is 0 Å². The Labute approximate surface area is 124 Å². The summed E-state index contributed by atoms with van der Waals surface area (Å²) in [6, 6.07) is 12.6. The normalized spacial score (nSPS) is 10.6. The molecule has 0 spiro atoms. The standard InChI is InChI=1S/C15H11FN4O2/c16-13-4-2-1-3-12(13)14-17-18-19-20(14)9-10-5-7-11(8-6-10)15(21)22/h1-8H,9H2,(H,21,22). The summed E-state index contributed by atoms with van der Waals surface area (Å²) in [5.74, 6) is -1.07. The molecule has 1 N–H and O–H groups in total. The molecule has 1 aromatic heterocycles. The highest BCUT2D eigenvalue weighted by atomic mass is 19.1. The van der Waals surface area contributed by atoms with E-state index in [2.05, 4.69) is 15.5 Å². The lowest BCUT2D eigenvalue weighted by atomic mass is 10.1. The van der Waals surface area contributed by atoms with Crippen molar-refractivity contribution in [2.24, 2.45) is 0 Å². The molecule has 6 nitrogen and oxygen atoms in total. The van der Waals surface area contributed by atoms with Crippen molar-refractivity contribution < 1.29 is 14.3 Å². The number of aromatic nitrogens is 4. The van der Waals surface area contributed by atoms with Gasteiger partial charge in [0.05, 0.1) is 17.7 Å². The Morgan fingerprint density at radius 3 is 2.55 bits per heavy atom. The highest BCUT2D eigenvalue weighted by Crippen LogP contribution is 2.20. The van der Waals surface area contributed by atoms with E-state index >= 15 is 0 Å². The molecule has 0 saturated heterocycles. The molecule has 1 heterocycles. The zero-order valence-electron chi connectivity index (χ0n) is 11.3. The molecule has 0 aliphatic rings. The van der Waals surface area contributed by atoms with Gasteiger partial charge in [-0.3, -0.25) is 0 Å². The van der Waals surface area contributed by atoms with Gasteiger partial charge in [0.1, 0.15) is 5.82 Å². The Kier molecular flexibility index (Phi) is 3.61. The second-order valence-corrected chi connectivity index (χ2v) is 4.64. The van der Waals surface area contributed by atoms with Crippen molar-refractivity contribution in [3.8, 4) is 11.4 Å². The molecule has 0 amide bonds. The van der Waals surface area contributed by atoms with Gasteiger partial charge in [-0.05, 0) is 40.3 Å². The Morgan fingerprint density at radius 1 is 1.14 bits per heavy atom. The number of nitrogens with zero attached hydrogens (tertiary/aromatic N) is 4. The Bertz CT molecular complexity index is 814. The first-order chi connectivity index (χ1) is 10.6. The lowest BCUT2D eigenvalue weighted by Crippen LogP contribution is -2.05. The predicted octanol–water partition coefficient (Wildman–Crippen LogP) is 2.23. The third-order valence-electron chi connectivity index (χ3n) is 3.18. The second-order valence-electron chi connectivity index (χ2n) is 4.64. The zero-order valence-corrected chi connectivity index (χ0v) is 11.3. The molecule has 0 saturated carbocycles. The van der Waals surface area contributed by atoms with E-state index in [1.54, 1.807) is 30.3 Å². The van der Waals surface area contributed by atoms with E-state index in [-0.39, 0.29) is 5.56 Å². The third-order valence-corrected chi connectivity index (χ3v) is 3.18. The molecule has 0 aliphatic heterocycles. The van der Waals surface area contributed by atoms with Crippen LogP contribution in [0.5, 0.6) is 0 Å². The lowest BCUT2D eigenvalue weighted by Gasteiger charge is -2.06. The van der Waals surface area contributed by atoms with Crippen LogP contribution in [-0.4, -0.2) is 31.3 Å². The number of halogens is 1. The van der Waals surface area contributed by atoms with Crippen molar-refractivity contribution in [1.82, 2.24) is 20.2 Å². The van der Waals surface area contributed by atoms with Gasteiger partial charge >= 0.3 is 5.97 Å². The third kappa shape index (κ3) is 2.69. The topological polar surface area (TPSA) is 80.9 Å². The largest absolute Gasteiger partial charge is 0.478 e. The molecular weight excluding hydrogens is 287 g/mol. The van der Waals surface area contributed by atoms with Crippen LogP contribution in [0.1, 0.15) is 15.9 Å². The van der Waals surface area contributed by atoms with Crippen molar-refractivity contribution in [2.45, 2.75) is 6.54 Å². The summed E-state index contributed by atoms with van der Waals surface area (Å²) >= 11 is 0. The number of benzene rings is 2. The van der Waals surface area contributed by atoms with Crippen LogP contribution in [-0.2, 0) is 6.54 Å². The van der Waals surface area contributed by atoms with Crippen molar-refractivity contribution in [3.05, 3.63) is 65.5 Å². The molecule has 7 heteroatoms. The Hall–Kier alpha value is -3.09. The molecule has 3 rings (SSSR count). The van der Waals surface area contributed by atoms with Gasteiger partial charge in [0.15, 0.2) is 5.82 Å². The quantitative estimate of drug-likeness (QED) is 0.798. The summed E-state index contributed by atoms with van der Waals surface area (Å²) in [6.45, 7) is 0.316. The van der Waals surface area contributed by atoms with Crippen LogP contribution in [0.15, 0.2) is 48.5 Å². The number of carbonyl (C=O) groups is 1. The molecule has 3 aromatic rings. The van der Waals surface area contributed by atoms with E-state index in [0.29, 0.717) is 17.9 Å². The maximum atomic E-state index is 13.8. The fourth-order valence-electron chi connectivity index (χ4n) is 2.07. The number of carboxylic acids is 1. The number of aromatic carboxylic acids is 1. The van der Waals surface area contributed by atoms with Crippen molar-refractivity contribution in [1.29, 1.82) is 0 Å². The van der Waals surface area contributed by atoms with Gasteiger partial charge in [-0.25, -0.2) is 13.9 Å². The zero-order chi connectivity index (χ0) is 15.5. The molecule has 0 unspecified atom stereocenters. The van der Waals surface area contributed by atoms with Crippen molar-refractivity contribution >= 4 is 5.97 Å². The minimum absolute atomic E-state index is 0.204. The summed E-state index contributed by atoms with van der Waals surface area (Å²) in [5, 5.41) is 20.2. The van der Waals surface area contributed by atoms with Crippen LogP contribution in [0.3, 0.4) is 0 Å². The molecule has 110 valence electrons. The summed E-state index contributed by atoms with van der Waals surface area (Å²) in [4.78, 5) is 10.8. The molecule has 0 radical (unpaired) electrons. The first-order valence-corrected chi connectivity index (χ1v) is 6.48. The van der Waals surface area contributed by atoms with Crippen LogP contribution < -0.4 is 0 Å². The van der Waals surface area contributed by atoms with Gasteiger partial charge in [0.25, 0.3) is 0 Å². The van der Waals surface area contributed by atoms with Gasteiger partial charge < -0.3 is 5.11 Å².